The first kappa shape index (κ1) is 15.8. The predicted octanol–water partition coefficient (Wildman–Crippen LogP) is 1.98. The fourth-order valence-electron chi connectivity index (χ4n) is 3.73. The Kier molecular flexibility index (Phi) is 5.85. The van der Waals surface area contributed by atoms with Crippen LogP contribution in [0.1, 0.15) is 58.8 Å². The second-order valence-electron chi connectivity index (χ2n) is 6.51. The summed E-state index contributed by atoms with van der Waals surface area (Å²) in [6.45, 7) is 7.25. The molecule has 116 valence electrons. The van der Waals surface area contributed by atoms with Crippen molar-refractivity contribution in [2.24, 2.45) is 5.73 Å². The highest BCUT2D eigenvalue weighted by atomic mass is 16.2. The molecule has 20 heavy (non-hydrogen) atoms. The zero-order valence-electron chi connectivity index (χ0n) is 13.2. The first-order valence-electron chi connectivity index (χ1n) is 8.43. The summed E-state index contributed by atoms with van der Waals surface area (Å²) in [6, 6.07) is 0.961. The van der Waals surface area contributed by atoms with Gasteiger partial charge in [-0.3, -0.25) is 9.69 Å². The summed E-state index contributed by atoms with van der Waals surface area (Å²) < 4.78 is 0. The van der Waals surface area contributed by atoms with Gasteiger partial charge in [-0.25, -0.2) is 0 Å². The summed E-state index contributed by atoms with van der Waals surface area (Å²) >= 11 is 0. The topological polar surface area (TPSA) is 49.6 Å². The van der Waals surface area contributed by atoms with Crippen molar-refractivity contribution >= 4 is 5.91 Å². The number of hydrogen-bond donors (Lipinski definition) is 1. The van der Waals surface area contributed by atoms with Gasteiger partial charge in [0.05, 0.1) is 6.04 Å². The average molecular weight is 281 g/mol. The van der Waals surface area contributed by atoms with Crippen LogP contribution < -0.4 is 5.73 Å². The quantitative estimate of drug-likeness (QED) is 0.838. The van der Waals surface area contributed by atoms with Crippen LogP contribution >= 0.6 is 0 Å². The first-order valence-corrected chi connectivity index (χ1v) is 8.43. The summed E-state index contributed by atoms with van der Waals surface area (Å²) in [5, 5.41) is 0. The molecule has 2 rings (SSSR count). The lowest BCUT2D eigenvalue weighted by Crippen LogP contribution is -2.52. The second kappa shape index (κ2) is 7.41. The molecule has 1 amide bonds. The number of carbonyl (C=O) groups is 1. The van der Waals surface area contributed by atoms with Crippen LogP contribution in [-0.2, 0) is 4.79 Å². The number of carbonyl (C=O) groups excluding carboxylic acids is 1. The van der Waals surface area contributed by atoms with E-state index in [1.165, 1.54) is 12.8 Å². The van der Waals surface area contributed by atoms with Crippen molar-refractivity contribution in [1.82, 2.24) is 9.80 Å². The van der Waals surface area contributed by atoms with Crippen LogP contribution in [0.5, 0.6) is 0 Å². The molecule has 2 fully saturated rings. The normalized spacial score (nSPS) is 28.9. The molecule has 1 atom stereocenters. The number of likely N-dealkylation sites (tertiary alicyclic amines) is 1. The molecule has 4 nitrogen and oxygen atoms in total. The Labute approximate surface area is 123 Å². The molecule has 0 spiro atoms. The summed E-state index contributed by atoms with van der Waals surface area (Å²) in [4.78, 5) is 17.1. The molecule has 1 saturated heterocycles. The van der Waals surface area contributed by atoms with Crippen molar-refractivity contribution in [3.8, 4) is 0 Å². The van der Waals surface area contributed by atoms with Gasteiger partial charge in [0.1, 0.15) is 0 Å². The first-order chi connectivity index (χ1) is 9.63. The molecule has 4 heteroatoms. The Hall–Kier alpha value is -0.610. The van der Waals surface area contributed by atoms with E-state index >= 15 is 0 Å². The van der Waals surface area contributed by atoms with E-state index in [4.69, 9.17) is 5.73 Å². The lowest BCUT2D eigenvalue weighted by molar-refractivity contribution is -0.136. The molecule has 0 radical (unpaired) electrons. The Morgan fingerprint density at radius 1 is 1.25 bits per heavy atom. The van der Waals surface area contributed by atoms with Crippen molar-refractivity contribution in [3.05, 3.63) is 0 Å². The van der Waals surface area contributed by atoms with Crippen molar-refractivity contribution in [3.63, 3.8) is 0 Å². The van der Waals surface area contributed by atoms with Crippen molar-refractivity contribution in [1.29, 1.82) is 0 Å². The van der Waals surface area contributed by atoms with Crippen LogP contribution in [0.25, 0.3) is 0 Å². The lowest BCUT2D eigenvalue weighted by Gasteiger charge is -2.40. The molecular formula is C16H31N3O. The average Bonchev–Trinajstić information content (AvgIpc) is 2.98. The molecule has 2 aliphatic rings. The van der Waals surface area contributed by atoms with Gasteiger partial charge in [0.15, 0.2) is 0 Å². The summed E-state index contributed by atoms with van der Waals surface area (Å²) in [5.41, 5.74) is 6.01. The fraction of sp³-hybridized carbons (Fsp3) is 0.938. The Bertz CT molecular complexity index is 307. The molecule has 0 bridgehead atoms. The summed E-state index contributed by atoms with van der Waals surface area (Å²) in [5.74, 6) is 0.339. The largest absolute Gasteiger partial charge is 0.341 e. The van der Waals surface area contributed by atoms with E-state index in [9.17, 15) is 4.79 Å². The van der Waals surface area contributed by atoms with E-state index < -0.39 is 0 Å². The number of hydrogen-bond acceptors (Lipinski definition) is 3. The lowest BCUT2D eigenvalue weighted by atomic mass is 9.90. The number of rotatable bonds is 5. The highest BCUT2D eigenvalue weighted by molar-refractivity contribution is 5.81. The summed E-state index contributed by atoms with van der Waals surface area (Å²) in [7, 11) is 0. The molecule has 2 N–H and O–H groups in total. The van der Waals surface area contributed by atoms with Crippen LogP contribution in [0.15, 0.2) is 0 Å². The van der Waals surface area contributed by atoms with Gasteiger partial charge in [0.2, 0.25) is 5.91 Å². The van der Waals surface area contributed by atoms with Gasteiger partial charge < -0.3 is 10.6 Å². The molecule has 1 unspecified atom stereocenters. The van der Waals surface area contributed by atoms with Crippen molar-refractivity contribution in [2.75, 3.05) is 19.6 Å². The maximum Gasteiger partial charge on any atom is 0.239 e. The van der Waals surface area contributed by atoms with E-state index in [0.29, 0.717) is 18.0 Å². The van der Waals surface area contributed by atoms with E-state index in [2.05, 4.69) is 23.6 Å². The van der Waals surface area contributed by atoms with E-state index in [0.717, 1.165) is 51.7 Å². The SMILES string of the molecule is CCCN(C1CCC(N)CC1)C(C)C(=O)N1CCCC1. The molecule has 1 heterocycles. The zero-order chi connectivity index (χ0) is 14.5. The predicted molar refractivity (Wildman–Crippen MR) is 82.5 cm³/mol. The minimum absolute atomic E-state index is 0.0346. The summed E-state index contributed by atoms with van der Waals surface area (Å²) in [6.07, 6.45) is 7.97. The van der Waals surface area contributed by atoms with Gasteiger partial charge >= 0.3 is 0 Å². The molecule has 0 aromatic heterocycles. The molecule has 0 aromatic carbocycles. The third kappa shape index (κ3) is 3.73. The molecule has 1 aliphatic carbocycles. The van der Waals surface area contributed by atoms with E-state index in [-0.39, 0.29) is 6.04 Å². The van der Waals surface area contributed by atoms with Gasteiger partial charge in [-0.05, 0) is 58.4 Å². The third-order valence-electron chi connectivity index (χ3n) is 4.96. The number of nitrogens with two attached hydrogens (primary N) is 1. The minimum atomic E-state index is 0.0346. The van der Waals surface area contributed by atoms with Gasteiger partial charge in [0, 0.05) is 25.2 Å². The minimum Gasteiger partial charge on any atom is -0.341 e. The maximum atomic E-state index is 12.6. The standard InChI is InChI=1S/C16H31N3O/c1-3-10-19(15-8-6-14(17)7-9-15)13(2)16(20)18-11-4-5-12-18/h13-15H,3-12,17H2,1-2H3. The highest BCUT2D eigenvalue weighted by Crippen LogP contribution is 2.25. The van der Waals surface area contributed by atoms with E-state index in [1.807, 2.05) is 0 Å². The Morgan fingerprint density at radius 3 is 2.40 bits per heavy atom. The maximum absolute atomic E-state index is 12.6. The van der Waals surface area contributed by atoms with Gasteiger partial charge in [-0.15, -0.1) is 0 Å². The Balaban J connectivity index is 1.97. The second-order valence-corrected chi connectivity index (χ2v) is 6.51. The van der Waals surface area contributed by atoms with Gasteiger partial charge in [-0.2, -0.15) is 0 Å². The van der Waals surface area contributed by atoms with Gasteiger partial charge in [-0.1, -0.05) is 6.92 Å². The van der Waals surface area contributed by atoms with Crippen LogP contribution in [0.2, 0.25) is 0 Å². The van der Waals surface area contributed by atoms with Crippen LogP contribution in [0.4, 0.5) is 0 Å². The number of amides is 1. The molecule has 0 aromatic rings. The van der Waals surface area contributed by atoms with E-state index in [1.54, 1.807) is 0 Å². The molecular weight excluding hydrogens is 250 g/mol. The zero-order valence-corrected chi connectivity index (χ0v) is 13.2. The van der Waals surface area contributed by atoms with Crippen molar-refractivity contribution < 1.29 is 4.79 Å². The van der Waals surface area contributed by atoms with Crippen molar-refractivity contribution in [2.45, 2.75) is 76.9 Å². The van der Waals surface area contributed by atoms with Crippen LogP contribution in [0.3, 0.4) is 0 Å². The fourth-order valence-corrected chi connectivity index (χ4v) is 3.73. The monoisotopic (exact) mass is 281 g/mol. The molecule has 1 saturated carbocycles. The highest BCUT2D eigenvalue weighted by Gasteiger charge is 2.32. The van der Waals surface area contributed by atoms with Crippen LogP contribution in [0, 0.1) is 0 Å². The smallest absolute Gasteiger partial charge is 0.239 e. The molecule has 1 aliphatic heterocycles. The van der Waals surface area contributed by atoms with Crippen LogP contribution in [-0.4, -0.2) is 53.5 Å². The van der Waals surface area contributed by atoms with Gasteiger partial charge in [0.25, 0.3) is 0 Å². The number of nitrogens with zero attached hydrogens (tertiary/aromatic N) is 2. The third-order valence-corrected chi connectivity index (χ3v) is 4.96. The Morgan fingerprint density at radius 2 is 1.85 bits per heavy atom.